The molecule has 1 amide bonds. The lowest BCUT2D eigenvalue weighted by molar-refractivity contribution is -0.138. The Hall–Kier alpha value is -1.26. The summed E-state index contributed by atoms with van der Waals surface area (Å²) in [6.07, 6.45) is 0.441. The van der Waals surface area contributed by atoms with Gasteiger partial charge in [-0.15, -0.1) is 0 Å². The third kappa shape index (κ3) is 3.42. The lowest BCUT2D eigenvalue weighted by Gasteiger charge is -2.20. The predicted octanol–water partition coefficient (Wildman–Crippen LogP) is 1.33. The third-order valence-corrected chi connectivity index (χ3v) is 2.43. The number of nitrogens with zero attached hydrogens (tertiary/aromatic N) is 1. The van der Waals surface area contributed by atoms with E-state index >= 15 is 0 Å². The van der Waals surface area contributed by atoms with Crippen LogP contribution in [-0.4, -0.2) is 41.3 Å². The molecule has 0 spiro atoms. The number of rotatable bonds is 5. The average Bonchev–Trinajstić information content (AvgIpc) is 2.43. The van der Waals surface area contributed by atoms with Gasteiger partial charge in [0.25, 0.3) is 0 Å². The van der Waals surface area contributed by atoms with E-state index in [9.17, 15) is 9.59 Å². The molecule has 0 bridgehead atoms. The topological polar surface area (TPSA) is 66.8 Å². The molecule has 1 aliphatic heterocycles. The molecule has 1 N–H and O–H groups in total. The van der Waals surface area contributed by atoms with E-state index in [0.717, 1.165) is 6.42 Å². The Balaban J connectivity index is 2.49. The number of hydrogen-bond donors (Lipinski definition) is 1. The van der Waals surface area contributed by atoms with Gasteiger partial charge < -0.3 is 14.7 Å². The van der Waals surface area contributed by atoms with E-state index in [4.69, 9.17) is 9.84 Å². The summed E-state index contributed by atoms with van der Waals surface area (Å²) in [6.45, 7) is 4.90. The van der Waals surface area contributed by atoms with Crippen LogP contribution in [0.4, 0.5) is 4.79 Å². The van der Waals surface area contributed by atoms with Crippen LogP contribution in [-0.2, 0) is 9.53 Å². The van der Waals surface area contributed by atoms with Gasteiger partial charge in [-0.1, -0.05) is 13.8 Å². The first-order chi connectivity index (χ1) is 7.00. The quantitative estimate of drug-likeness (QED) is 0.751. The number of carboxylic acids is 1. The van der Waals surface area contributed by atoms with Crippen LogP contribution in [0.2, 0.25) is 0 Å². The summed E-state index contributed by atoms with van der Waals surface area (Å²) in [7, 11) is 0. The molecule has 0 aromatic rings. The third-order valence-electron chi connectivity index (χ3n) is 2.43. The highest BCUT2D eigenvalue weighted by molar-refractivity contribution is 5.73. The number of aliphatic carboxylic acids is 1. The summed E-state index contributed by atoms with van der Waals surface area (Å²) >= 11 is 0. The molecule has 1 heterocycles. The second-order valence-electron chi connectivity index (χ2n) is 4.20. The number of carbonyl (C=O) groups excluding carboxylic acids is 1. The van der Waals surface area contributed by atoms with Crippen molar-refractivity contribution in [2.45, 2.75) is 32.7 Å². The maximum absolute atomic E-state index is 11.3. The maximum atomic E-state index is 11.3. The van der Waals surface area contributed by atoms with Crippen molar-refractivity contribution in [3.8, 4) is 0 Å². The second-order valence-corrected chi connectivity index (χ2v) is 4.20. The van der Waals surface area contributed by atoms with Crippen LogP contribution >= 0.6 is 0 Å². The summed E-state index contributed by atoms with van der Waals surface area (Å²) in [6, 6.07) is -0.297. The van der Waals surface area contributed by atoms with Gasteiger partial charge in [-0.25, -0.2) is 4.79 Å². The Labute approximate surface area is 89.0 Å². The highest BCUT2D eigenvalue weighted by Gasteiger charge is 2.33. The number of carbonyl (C=O) groups is 2. The molecular weight excluding hydrogens is 198 g/mol. The van der Waals surface area contributed by atoms with Gasteiger partial charge in [0, 0.05) is 6.54 Å². The molecule has 0 radical (unpaired) electrons. The van der Waals surface area contributed by atoms with Crippen LogP contribution in [0.5, 0.6) is 0 Å². The van der Waals surface area contributed by atoms with Gasteiger partial charge in [-0.05, 0) is 12.3 Å². The van der Waals surface area contributed by atoms with Crippen molar-refractivity contribution in [2.24, 2.45) is 5.92 Å². The molecule has 0 aromatic carbocycles. The van der Waals surface area contributed by atoms with Gasteiger partial charge in [0.05, 0.1) is 12.5 Å². The molecule has 1 saturated heterocycles. The van der Waals surface area contributed by atoms with Crippen LogP contribution in [0.3, 0.4) is 0 Å². The summed E-state index contributed by atoms with van der Waals surface area (Å²) in [5.41, 5.74) is 0. The fourth-order valence-electron chi connectivity index (χ4n) is 1.53. The van der Waals surface area contributed by atoms with Gasteiger partial charge >= 0.3 is 12.1 Å². The van der Waals surface area contributed by atoms with E-state index in [2.05, 4.69) is 13.8 Å². The Bertz CT molecular complexity index is 252. The molecule has 1 rings (SSSR count). The summed E-state index contributed by atoms with van der Waals surface area (Å²) in [4.78, 5) is 23.4. The van der Waals surface area contributed by atoms with Gasteiger partial charge in [0.15, 0.2) is 0 Å². The summed E-state index contributed by atoms with van der Waals surface area (Å²) < 4.78 is 4.83. The first kappa shape index (κ1) is 11.8. The largest absolute Gasteiger partial charge is 0.481 e. The minimum atomic E-state index is -0.896. The lowest BCUT2D eigenvalue weighted by Crippen LogP contribution is -2.36. The predicted molar refractivity (Wildman–Crippen MR) is 53.5 cm³/mol. The molecule has 0 aliphatic carbocycles. The van der Waals surface area contributed by atoms with Crippen LogP contribution in [0.25, 0.3) is 0 Å². The minimum Gasteiger partial charge on any atom is -0.481 e. The van der Waals surface area contributed by atoms with Crippen molar-refractivity contribution in [3.05, 3.63) is 0 Å². The van der Waals surface area contributed by atoms with Crippen LogP contribution in [0, 0.1) is 5.92 Å². The minimum absolute atomic E-state index is 0.0379. The van der Waals surface area contributed by atoms with E-state index < -0.39 is 5.97 Å². The van der Waals surface area contributed by atoms with Gasteiger partial charge in [-0.2, -0.15) is 0 Å². The number of cyclic esters (lactones) is 1. The van der Waals surface area contributed by atoms with Crippen molar-refractivity contribution in [1.29, 1.82) is 0 Å². The zero-order valence-corrected chi connectivity index (χ0v) is 9.10. The molecule has 5 heteroatoms. The number of hydrogen-bond acceptors (Lipinski definition) is 3. The Morgan fingerprint density at radius 2 is 2.33 bits per heavy atom. The van der Waals surface area contributed by atoms with Gasteiger partial charge in [-0.3, -0.25) is 4.79 Å². The molecule has 1 aliphatic rings. The second kappa shape index (κ2) is 5.00. The zero-order valence-electron chi connectivity index (χ0n) is 9.10. The van der Waals surface area contributed by atoms with Gasteiger partial charge in [0.2, 0.25) is 0 Å². The van der Waals surface area contributed by atoms with Crippen molar-refractivity contribution < 1.29 is 19.4 Å². The first-order valence-corrected chi connectivity index (χ1v) is 5.16. The molecule has 1 unspecified atom stereocenters. The molecule has 1 atom stereocenters. The van der Waals surface area contributed by atoms with Crippen molar-refractivity contribution in [3.63, 3.8) is 0 Å². The van der Waals surface area contributed by atoms with Crippen molar-refractivity contribution >= 4 is 12.1 Å². The number of ether oxygens (including phenoxy) is 1. The molecule has 0 saturated carbocycles. The smallest absolute Gasteiger partial charge is 0.410 e. The molecule has 5 nitrogen and oxygen atoms in total. The van der Waals surface area contributed by atoms with E-state index in [1.165, 1.54) is 4.90 Å². The SMILES string of the molecule is CC(C)CCN1C(=O)OCC1CC(=O)O. The van der Waals surface area contributed by atoms with Crippen molar-refractivity contribution in [2.75, 3.05) is 13.2 Å². The monoisotopic (exact) mass is 215 g/mol. The molecule has 15 heavy (non-hydrogen) atoms. The normalized spacial score (nSPS) is 20.9. The maximum Gasteiger partial charge on any atom is 0.410 e. The van der Waals surface area contributed by atoms with Crippen LogP contribution in [0.1, 0.15) is 26.7 Å². The molecular formula is C10H17NO4. The van der Waals surface area contributed by atoms with E-state index in [0.29, 0.717) is 12.5 Å². The fraction of sp³-hybridized carbons (Fsp3) is 0.800. The molecule has 86 valence electrons. The fourth-order valence-corrected chi connectivity index (χ4v) is 1.53. The summed E-state index contributed by atoms with van der Waals surface area (Å²) in [5.74, 6) is -0.406. The Morgan fingerprint density at radius 1 is 1.67 bits per heavy atom. The van der Waals surface area contributed by atoms with Crippen LogP contribution < -0.4 is 0 Å². The highest BCUT2D eigenvalue weighted by Crippen LogP contribution is 2.17. The Morgan fingerprint density at radius 3 is 2.87 bits per heavy atom. The summed E-state index contributed by atoms with van der Waals surface area (Å²) in [5, 5.41) is 8.66. The highest BCUT2D eigenvalue weighted by atomic mass is 16.6. The standard InChI is InChI=1S/C10H17NO4/c1-7(2)3-4-11-8(5-9(12)13)6-15-10(11)14/h7-8H,3-6H2,1-2H3,(H,12,13). The number of amides is 1. The lowest BCUT2D eigenvalue weighted by atomic mass is 10.1. The first-order valence-electron chi connectivity index (χ1n) is 5.16. The molecule has 1 fully saturated rings. The molecule has 0 aromatic heterocycles. The van der Waals surface area contributed by atoms with Crippen LogP contribution in [0.15, 0.2) is 0 Å². The van der Waals surface area contributed by atoms with E-state index in [1.807, 2.05) is 0 Å². The van der Waals surface area contributed by atoms with Gasteiger partial charge in [0.1, 0.15) is 6.61 Å². The Kier molecular flexibility index (Phi) is 3.94. The average molecular weight is 215 g/mol. The zero-order chi connectivity index (χ0) is 11.4. The van der Waals surface area contributed by atoms with E-state index in [-0.39, 0.29) is 25.2 Å². The van der Waals surface area contributed by atoms with Crippen molar-refractivity contribution in [1.82, 2.24) is 4.90 Å². The van der Waals surface area contributed by atoms with E-state index in [1.54, 1.807) is 0 Å². The number of carboxylic acid groups (broad SMARTS) is 1.